The van der Waals surface area contributed by atoms with E-state index in [0.717, 1.165) is 18.2 Å². The molecule has 86 valence electrons. The Labute approximate surface area is 95.8 Å². The van der Waals surface area contributed by atoms with Crippen molar-refractivity contribution in [1.82, 2.24) is 4.72 Å². The molecule has 0 saturated carbocycles. The van der Waals surface area contributed by atoms with E-state index in [1.807, 2.05) is 20.8 Å². The fourth-order valence-electron chi connectivity index (χ4n) is 1.22. The van der Waals surface area contributed by atoms with Gasteiger partial charge in [-0.1, -0.05) is 36.7 Å². The lowest BCUT2D eigenvalue weighted by atomic mass is 10.2. The summed E-state index contributed by atoms with van der Waals surface area (Å²) in [4.78, 5) is 0. The van der Waals surface area contributed by atoms with Crippen molar-refractivity contribution in [2.75, 3.05) is 11.1 Å². The molecule has 0 aromatic carbocycles. The molecule has 1 atom stereocenters. The molecule has 0 aromatic rings. The largest absolute Gasteiger partial charge is 0.212 e. The van der Waals surface area contributed by atoms with Crippen LogP contribution in [0.1, 0.15) is 33.6 Å². The van der Waals surface area contributed by atoms with E-state index in [1.54, 1.807) is 0 Å². The minimum Gasteiger partial charge on any atom is -0.212 e. The van der Waals surface area contributed by atoms with E-state index < -0.39 is 10.0 Å². The Hall–Kier alpha value is 0.390. The molecule has 0 saturated heterocycles. The van der Waals surface area contributed by atoms with E-state index >= 15 is 0 Å². The van der Waals surface area contributed by atoms with Crippen molar-refractivity contribution in [1.29, 1.82) is 0 Å². The van der Waals surface area contributed by atoms with Crippen LogP contribution in [0.15, 0.2) is 0 Å². The highest BCUT2D eigenvalue weighted by atomic mass is 79.9. The highest BCUT2D eigenvalue weighted by Crippen LogP contribution is 2.05. The van der Waals surface area contributed by atoms with Crippen LogP contribution in [0.2, 0.25) is 0 Å². The summed E-state index contributed by atoms with van der Waals surface area (Å²) < 4.78 is 25.8. The smallest absolute Gasteiger partial charge is 0.212 e. The molecule has 0 bridgehead atoms. The van der Waals surface area contributed by atoms with Crippen LogP contribution in [0.25, 0.3) is 0 Å². The van der Waals surface area contributed by atoms with Gasteiger partial charge < -0.3 is 0 Å². The van der Waals surface area contributed by atoms with Crippen LogP contribution in [0.4, 0.5) is 0 Å². The minimum atomic E-state index is -3.09. The molecule has 0 rings (SSSR count). The van der Waals surface area contributed by atoms with Crippen molar-refractivity contribution >= 4 is 26.0 Å². The van der Waals surface area contributed by atoms with Crippen LogP contribution in [0.5, 0.6) is 0 Å². The number of rotatable bonds is 7. The van der Waals surface area contributed by atoms with Crippen molar-refractivity contribution in [3.8, 4) is 0 Å². The first kappa shape index (κ1) is 14.4. The third-order valence-corrected chi connectivity index (χ3v) is 4.11. The first-order chi connectivity index (χ1) is 6.41. The molecule has 3 nitrogen and oxygen atoms in total. The van der Waals surface area contributed by atoms with Crippen LogP contribution >= 0.6 is 15.9 Å². The number of sulfonamides is 1. The van der Waals surface area contributed by atoms with E-state index in [9.17, 15) is 8.42 Å². The molecule has 0 radical (unpaired) electrons. The zero-order valence-corrected chi connectivity index (χ0v) is 11.5. The lowest BCUT2D eigenvalue weighted by molar-refractivity contribution is 0.525. The average molecular weight is 286 g/mol. The molecule has 0 amide bonds. The zero-order chi connectivity index (χ0) is 11.2. The Morgan fingerprint density at radius 2 is 1.93 bits per heavy atom. The number of hydrogen-bond donors (Lipinski definition) is 1. The summed E-state index contributed by atoms with van der Waals surface area (Å²) in [5.74, 6) is 0.389. The molecule has 5 heteroatoms. The lowest BCUT2D eigenvalue weighted by Gasteiger charge is -2.16. The number of nitrogens with one attached hydrogen (secondary N) is 1. The van der Waals surface area contributed by atoms with E-state index in [1.165, 1.54) is 0 Å². The van der Waals surface area contributed by atoms with Crippen LogP contribution in [-0.2, 0) is 10.0 Å². The van der Waals surface area contributed by atoms with Gasteiger partial charge in [-0.3, -0.25) is 0 Å². The van der Waals surface area contributed by atoms with Crippen molar-refractivity contribution in [2.45, 2.75) is 39.7 Å². The van der Waals surface area contributed by atoms with Crippen LogP contribution in [-0.4, -0.2) is 25.5 Å². The molecule has 0 fully saturated rings. The third kappa shape index (κ3) is 6.79. The third-order valence-electron chi connectivity index (χ3n) is 1.85. The summed E-state index contributed by atoms with van der Waals surface area (Å²) >= 11 is 3.31. The average Bonchev–Trinajstić information content (AvgIpc) is 2.00. The highest BCUT2D eigenvalue weighted by molar-refractivity contribution is 9.09. The van der Waals surface area contributed by atoms with E-state index in [4.69, 9.17) is 0 Å². The van der Waals surface area contributed by atoms with Gasteiger partial charge in [0.2, 0.25) is 10.0 Å². The zero-order valence-electron chi connectivity index (χ0n) is 9.09. The van der Waals surface area contributed by atoms with Gasteiger partial charge in [0.15, 0.2) is 0 Å². The molecule has 0 aliphatic heterocycles. The molecule has 0 spiro atoms. The topological polar surface area (TPSA) is 46.2 Å². The van der Waals surface area contributed by atoms with E-state index in [-0.39, 0.29) is 17.7 Å². The second-order valence-corrected chi connectivity index (χ2v) is 6.47. The Balaban J connectivity index is 4.18. The van der Waals surface area contributed by atoms with Gasteiger partial charge >= 0.3 is 0 Å². The van der Waals surface area contributed by atoms with Gasteiger partial charge in [0, 0.05) is 11.4 Å². The molecular formula is C9H20BrNO2S. The maximum absolute atomic E-state index is 11.6. The van der Waals surface area contributed by atoms with Crippen LogP contribution in [0.3, 0.4) is 0 Å². The van der Waals surface area contributed by atoms with Gasteiger partial charge in [-0.25, -0.2) is 13.1 Å². The number of alkyl halides is 1. The second-order valence-electron chi connectivity index (χ2n) is 3.88. The molecule has 1 unspecified atom stereocenters. The first-order valence-electron chi connectivity index (χ1n) is 4.97. The fraction of sp³-hybridized carbons (Fsp3) is 1.00. The predicted molar refractivity (Wildman–Crippen MR) is 64.3 cm³/mol. The van der Waals surface area contributed by atoms with Crippen molar-refractivity contribution in [3.63, 3.8) is 0 Å². The molecule has 0 aliphatic rings. The van der Waals surface area contributed by atoms with Gasteiger partial charge in [-0.05, 0) is 18.8 Å². The minimum absolute atomic E-state index is 0.0677. The van der Waals surface area contributed by atoms with Gasteiger partial charge in [-0.15, -0.1) is 0 Å². The quantitative estimate of drug-likeness (QED) is 0.729. The van der Waals surface area contributed by atoms with Gasteiger partial charge in [0.25, 0.3) is 0 Å². The van der Waals surface area contributed by atoms with Crippen molar-refractivity contribution < 1.29 is 8.42 Å². The SMILES string of the molecule is CCC(CCBr)NS(=O)(=O)CC(C)C. The monoisotopic (exact) mass is 285 g/mol. The van der Waals surface area contributed by atoms with Gasteiger partial charge in [-0.2, -0.15) is 0 Å². The summed E-state index contributed by atoms with van der Waals surface area (Å²) in [5, 5.41) is 0.829. The second kappa shape index (κ2) is 6.80. The summed E-state index contributed by atoms with van der Waals surface area (Å²) in [7, 11) is -3.09. The molecule has 0 aromatic heterocycles. The van der Waals surface area contributed by atoms with Gasteiger partial charge in [0.1, 0.15) is 0 Å². The molecule has 14 heavy (non-hydrogen) atoms. The summed E-state index contributed by atoms with van der Waals surface area (Å²) in [6, 6.07) is 0.0677. The molecule has 0 aliphatic carbocycles. The fourth-order valence-corrected chi connectivity index (χ4v) is 3.54. The molecule has 1 N–H and O–H groups in total. The normalized spacial score (nSPS) is 14.6. The van der Waals surface area contributed by atoms with E-state index in [0.29, 0.717) is 0 Å². The van der Waals surface area contributed by atoms with Crippen LogP contribution in [0, 0.1) is 5.92 Å². The first-order valence-corrected chi connectivity index (χ1v) is 7.74. The maximum Gasteiger partial charge on any atom is 0.212 e. The predicted octanol–water partition coefficient (Wildman–Crippen LogP) is 2.13. The highest BCUT2D eigenvalue weighted by Gasteiger charge is 2.17. The molecular weight excluding hydrogens is 266 g/mol. The van der Waals surface area contributed by atoms with Crippen molar-refractivity contribution in [3.05, 3.63) is 0 Å². The number of halogens is 1. The Kier molecular flexibility index (Phi) is 6.99. The van der Waals surface area contributed by atoms with Gasteiger partial charge in [0.05, 0.1) is 5.75 Å². The summed E-state index contributed by atoms with van der Waals surface area (Å²) in [6.07, 6.45) is 1.68. The summed E-state index contributed by atoms with van der Waals surface area (Å²) in [6.45, 7) is 5.81. The Morgan fingerprint density at radius 1 is 1.36 bits per heavy atom. The summed E-state index contributed by atoms with van der Waals surface area (Å²) in [5.41, 5.74) is 0. The lowest BCUT2D eigenvalue weighted by Crippen LogP contribution is -2.37. The maximum atomic E-state index is 11.6. The van der Waals surface area contributed by atoms with Crippen LogP contribution < -0.4 is 4.72 Å². The standard InChI is InChI=1S/C9H20BrNO2S/c1-4-9(5-6-10)11-14(12,13)7-8(2)3/h8-9,11H,4-7H2,1-3H3. The van der Waals surface area contributed by atoms with E-state index in [2.05, 4.69) is 20.7 Å². The Morgan fingerprint density at radius 3 is 2.29 bits per heavy atom. The Bertz CT molecular complexity index is 239. The van der Waals surface area contributed by atoms with Crippen molar-refractivity contribution in [2.24, 2.45) is 5.92 Å². The molecule has 0 heterocycles. The number of hydrogen-bond acceptors (Lipinski definition) is 2.